The number of hydrogen-bond donors (Lipinski definition) is 2. The first-order valence-electron chi connectivity index (χ1n) is 12.1. The third kappa shape index (κ3) is 4.01. The van der Waals surface area contributed by atoms with Crippen LogP contribution in [0, 0.1) is 5.41 Å². The zero-order valence-electron chi connectivity index (χ0n) is 20.3. The summed E-state index contributed by atoms with van der Waals surface area (Å²) in [6.07, 6.45) is 4.73. The second-order valence-corrected chi connectivity index (χ2v) is 10.5. The van der Waals surface area contributed by atoms with Gasteiger partial charge >= 0.3 is 5.91 Å². The largest absolute Gasteiger partial charge is 0.484 e. The van der Waals surface area contributed by atoms with E-state index in [1.165, 1.54) is 0 Å². The van der Waals surface area contributed by atoms with Crippen LogP contribution in [0.4, 0.5) is 0 Å². The highest BCUT2D eigenvalue weighted by Crippen LogP contribution is 2.49. The number of ketones is 1. The number of piperidine rings is 1. The normalized spacial score (nSPS) is 22.9. The number of allylic oxidation sites excluding steroid dienone is 2. The predicted molar refractivity (Wildman–Crippen MR) is 135 cm³/mol. The van der Waals surface area contributed by atoms with E-state index in [-0.39, 0.29) is 34.6 Å². The van der Waals surface area contributed by atoms with E-state index in [1.807, 2.05) is 13.8 Å². The van der Waals surface area contributed by atoms with Crippen molar-refractivity contribution in [2.24, 2.45) is 16.3 Å². The number of Topliss-reactive ketones (excluding diaryl/α,β-unsaturated/α-hetero) is 1. The Kier molecular flexibility index (Phi) is 6.18. The molecule has 3 N–H and O–H groups in total. The van der Waals surface area contributed by atoms with Crippen LogP contribution in [0.5, 0.6) is 5.75 Å². The van der Waals surface area contributed by atoms with Gasteiger partial charge in [-0.2, -0.15) is 0 Å². The van der Waals surface area contributed by atoms with E-state index in [2.05, 4.69) is 10.3 Å². The zero-order chi connectivity index (χ0) is 25.7. The summed E-state index contributed by atoms with van der Waals surface area (Å²) in [7, 11) is 0. The number of halogens is 1. The fourth-order valence-corrected chi connectivity index (χ4v) is 5.91. The van der Waals surface area contributed by atoms with Crippen molar-refractivity contribution < 1.29 is 23.7 Å². The van der Waals surface area contributed by atoms with Crippen molar-refractivity contribution in [2.45, 2.75) is 45.6 Å². The van der Waals surface area contributed by atoms with Gasteiger partial charge in [0.05, 0.1) is 11.7 Å². The first kappa shape index (κ1) is 24.5. The maximum absolute atomic E-state index is 14.2. The number of aromatic nitrogens is 1. The maximum Gasteiger partial charge on any atom is 0.380 e. The van der Waals surface area contributed by atoms with Crippen molar-refractivity contribution in [1.82, 2.24) is 10.3 Å². The topological polar surface area (TPSA) is 124 Å². The van der Waals surface area contributed by atoms with Crippen LogP contribution in [0.3, 0.4) is 0 Å². The number of primary amides is 1. The molecule has 1 atom stereocenters. The lowest BCUT2D eigenvalue weighted by Crippen LogP contribution is -2.54. The molecule has 1 saturated heterocycles. The highest BCUT2D eigenvalue weighted by molar-refractivity contribution is 6.33. The molecule has 2 amide bonds. The van der Waals surface area contributed by atoms with Crippen molar-refractivity contribution in [2.75, 3.05) is 19.7 Å². The molecule has 1 spiro atoms. The number of benzene rings is 1. The van der Waals surface area contributed by atoms with Crippen molar-refractivity contribution in [1.29, 1.82) is 0 Å². The minimum atomic E-state index is -0.594. The fraction of sp³-hybridized carbons (Fsp3) is 0.423. The first-order chi connectivity index (χ1) is 17.1. The molecule has 1 aliphatic carbocycles. The smallest absolute Gasteiger partial charge is 0.380 e. The predicted octanol–water partition coefficient (Wildman–Crippen LogP) is 3.10. The summed E-state index contributed by atoms with van der Waals surface area (Å²) in [5.41, 5.74) is 7.13. The number of hydrogen-bond acceptors (Lipinski definition) is 7. The van der Waals surface area contributed by atoms with Crippen LogP contribution in [0.15, 0.2) is 40.6 Å². The quantitative estimate of drug-likeness (QED) is 0.470. The van der Waals surface area contributed by atoms with Crippen molar-refractivity contribution in [3.05, 3.63) is 46.3 Å². The van der Waals surface area contributed by atoms with Gasteiger partial charge in [-0.05, 0) is 75.9 Å². The molecule has 36 heavy (non-hydrogen) atoms. The minimum absolute atomic E-state index is 0.0234. The Bertz CT molecular complexity index is 1350. The van der Waals surface area contributed by atoms with Crippen LogP contribution in [0.1, 0.15) is 49.9 Å². The van der Waals surface area contributed by atoms with Crippen molar-refractivity contribution in [3.63, 3.8) is 0 Å². The molecule has 1 unspecified atom stereocenters. The molecule has 3 heterocycles. The molecule has 1 aromatic heterocycles. The molecule has 188 valence electrons. The van der Waals surface area contributed by atoms with Gasteiger partial charge in [0.2, 0.25) is 11.5 Å². The lowest BCUT2D eigenvalue weighted by Gasteiger charge is -2.41. The number of rotatable bonds is 5. The summed E-state index contributed by atoms with van der Waals surface area (Å²) in [6.45, 7) is 5.27. The lowest BCUT2D eigenvalue weighted by atomic mass is 9.67. The molecule has 9 nitrogen and oxygen atoms in total. The number of amides is 2. The van der Waals surface area contributed by atoms with Gasteiger partial charge in [-0.25, -0.2) is 9.78 Å². The molecule has 1 aromatic carbocycles. The van der Waals surface area contributed by atoms with Crippen molar-refractivity contribution >= 4 is 46.3 Å². The number of nitrogens with zero attached hydrogens (tertiary/aromatic N) is 3. The van der Waals surface area contributed by atoms with E-state index in [0.717, 1.165) is 37.9 Å². The van der Waals surface area contributed by atoms with E-state index < -0.39 is 16.4 Å². The van der Waals surface area contributed by atoms with Crippen LogP contribution in [-0.4, -0.2) is 59.1 Å². The molecular weight excluding hydrogens is 482 g/mol. The van der Waals surface area contributed by atoms with Gasteiger partial charge in [-0.15, -0.1) is 0 Å². The van der Waals surface area contributed by atoms with Gasteiger partial charge in [-0.1, -0.05) is 21.3 Å². The van der Waals surface area contributed by atoms with E-state index in [0.29, 0.717) is 28.8 Å². The molecule has 5 rings (SSSR count). The van der Waals surface area contributed by atoms with Crippen LogP contribution in [0.2, 0.25) is 5.15 Å². The summed E-state index contributed by atoms with van der Waals surface area (Å²) in [4.78, 5) is 43.3. The summed E-state index contributed by atoms with van der Waals surface area (Å²) in [6, 6.07) is 6.32. The van der Waals surface area contributed by atoms with Crippen LogP contribution in [0.25, 0.3) is 10.9 Å². The lowest BCUT2D eigenvalue weighted by molar-refractivity contribution is -0.833. The molecule has 1 fully saturated rings. The van der Waals surface area contributed by atoms with Gasteiger partial charge < -0.3 is 15.8 Å². The summed E-state index contributed by atoms with van der Waals surface area (Å²) in [5, 5.41) is 8.71. The average molecular weight is 511 g/mol. The second-order valence-electron chi connectivity index (χ2n) is 10.2. The number of nitrogens with two attached hydrogens (primary N) is 1. The standard InChI is InChI=1S/C26H28ClN5O4/c1-15(2)32(23-17(13-30-32)11-26(12-21(23)33)5-7-29-8-6-26)25(35)19-10-16-9-18(36-14-22(28)34)3-4-20(16)31-24(19)27/h3-4,9-10,13,15,29H,5-8,11-12,14H2,1-2H3,(H-,28,34)/p+1. The van der Waals surface area contributed by atoms with Crippen molar-refractivity contribution in [3.8, 4) is 5.75 Å². The highest BCUT2D eigenvalue weighted by Gasteiger charge is 2.57. The highest BCUT2D eigenvalue weighted by atomic mass is 35.5. The van der Waals surface area contributed by atoms with Gasteiger partial charge in [-0.3, -0.25) is 9.59 Å². The van der Waals surface area contributed by atoms with E-state index >= 15 is 0 Å². The second kappa shape index (κ2) is 9.06. The number of nitrogens with one attached hydrogen (secondary N) is 1. The third-order valence-electron chi connectivity index (χ3n) is 7.48. The Balaban J connectivity index is 1.56. The monoisotopic (exact) mass is 510 g/mol. The summed E-state index contributed by atoms with van der Waals surface area (Å²) in [5.74, 6) is -0.605. The Morgan fingerprint density at radius 3 is 2.67 bits per heavy atom. The molecule has 10 heteroatoms. The van der Waals surface area contributed by atoms with Crippen LogP contribution >= 0.6 is 11.6 Å². The molecular formula is C26H29ClN5O4+. The molecule has 3 aliphatic rings. The molecule has 0 saturated carbocycles. The minimum Gasteiger partial charge on any atom is -0.484 e. The molecule has 2 aromatic rings. The van der Waals surface area contributed by atoms with Gasteiger partial charge in [0.15, 0.2) is 6.61 Å². The number of carbonyl (C=O) groups excluding carboxylic acids is 3. The molecule has 2 aliphatic heterocycles. The molecule has 0 bridgehead atoms. The SMILES string of the molecule is CC(C)[N+]1(C(=O)c2cc3cc(OCC(N)=O)ccc3nc2Cl)N=CC2=C1C(=O)CC1(CCNCC1)C2. The number of ether oxygens (including phenoxy) is 1. The van der Waals surface area contributed by atoms with Crippen LogP contribution in [-0.2, 0) is 9.59 Å². The number of pyridine rings is 1. The zero-order valence-corrected chi connectivity index (χ0v) is 21.1. The number of quaternary nitrogens is 1. The van der Waals surface area contributed by atoms with Gasteiger partial charge in [0, 0.05) is 17.4 Å². The van der Waals surface area contributed by atoms with E-state index in [1.54, 1.807) is 30.5 Å². The number of fused-ring (bicyclic) bond motifs is 1. The van der Waals surface area contributed by atoms with E-state index in [4.69, 9.17) is 27.2 Å². The van der Waals surface area contributed by atoms with Gasteiger partial charge in [0.25, 0.3) is 5.91 Å². The Hall–Kier alpha value is -3.14. The summed E-state index contributed by atoms with van der Waals surface area (Å²) < 4.78 is 4.95. The summed E-state index contributed by atoms with van der Waals surface area (Å²) >= 11 is 6.52. The fourth-order valence-electron chi connectivity index (χ4n) is 5.69. The van der Waals surface area contributed by atoms with E-state index in [9.17, 15) is 14.4 Å². The van der Waals surface area contributed by atoms with Crippen LogP contribution < -0.4 is 15.8 Å². The Morgan fingerprint density at radius 1 is 1.22 bits per heavy atom. The first-order valence-corrected chi connectivity index (χ1v) is 12.5. The molecule has 0 radical (unpaired) electrons. The number of carbonyl (C=O) groups is 3. The average Bonchev–Trinajstić information content (AvgIpc) is 3.23. The third-order valence-corrected chi connectivity index (χ3v) is 7.77. The Labute approximate surface area is 213 Å². The van der Waals surface area contributed by atoms with Gasteiger partial charge in [0.1, 0.15) is 22.5 Å². The maximum atomic E-state index is 14.2. The Morgan fingerprint density at radius 2 is 1.97 bits per heavy atom.